The van der Waals surface area contributed by atoms with E-state index in [0.29, 0.717) is 17.5 Å². The van der Waals surface area contributed by atoms with Gasteiger partial charge < -0.3 is 20.4 Å². The molecule has 4 aliphatic rings. The van der Waals surface area contributed by atoms with Gasteiger partial charge in [-0.1, -0.05) is 51.1 Å². The molecule has 7 rings (SSSR count). The van der Waals surface area contributed by atoms with Crippen molar-refractivity contribution in [2.24, 2.45) is 17.3 Å². The number of fused-ring (bicyclic) bond motifs is 4. The molecule has 2 bridgehead atoms. The van der Waals surface area contributed by atoms with Crippen LogP contribution in [0.25, 0.3) is 0 Å². The van der Waals surface area contributed by atoms with Crippen LogP contribution in [0.4, 0.5) is 11.6 Å². The highest BCUT2D eigenvalue weighted by Gasteiger charge is 2.66. The standard InChI is InChI=1S/C36H42N4O2/c1-8-36(30-31(41)20(3)19(2)21(4)32(30)42)26-12-10-9-11-24(26)23-13-14-28-27(17-23)35(36,6)22(5)25-18-29(25)40(28)34-33(37-7)38-15-16-39-34/h9-16,22-23,25,29,41-42H,8,17-18H2,1-7H3,(H,37,38)/t22?,23?,25?,29?,35?,36-/m0/s1. The molecule has 3 aliphatic carbocycles. The van der Waals surface area contributed by atoms with Crippen LogP contribution < -0.4 is 10.2 Å². The highest BCUT2D eigenvalue weighted by molar-refractivity contribution is 5.72. The van der Waals surface area contributed by atoms with Crippen LogP contribution in [-0.4, -0.2) is 33.3 Å². The second kappa shape index (κ2) is 9.10. The number of nitrogens with one attached hydrogen (secondary N) is 1. The number of hydrogen-bond donors (Lipinski definition) is 3. The molecule has 6 nitrogen and oxygen atoms in total. The summed E-state index contributed by atoms with van der Waals surface area (Å²) in [6.07, 6.45) is 10.9. The lowest BCUT2D eigenvalue weighted by Gasteiger charge is -2.54. The van der Waals surface area contributed by atoms with E-state index in [0.717, 1.165) is 47.6 Å². The van der Waals surface area contributed by atoms with Crippen molar-refractivity contribution >= 4 is 11.6 Å². The summed E-state index contributed by atoms with van der Waals surface area (Å²) in [5, 5.41) is 27.5. The van der Waals surface area contributed by atoms with Crippen LogP contribution in [0.15, 0.2) is 60.1 Å². The van der Waals surface area contributed by atoms with Crippen molar-refractivity contribution in [2.75, 3.05) is 17.3 Å². The summed E-state index contributed by atoms with van der Waals surface area (Å²) in [5.74, 6) is 3.00. The summed E-state index contributed by atoms with van der Waals surface area (Å²) in [6.45, 7) is 13.1. The first-order valence-electron chi connectivity index (χ1n) is 15.4. The van der Waals surface area contributed by atoms with Crippen molar-refractivity contribution in [2.45, 2.75) is 78.2 Å². The van der Waals surface area contributed by atoms with Crippen molar-refractivity contribution in [1.82, 2.24) is 9.97 Å². The van der Waals surface area contributed by atoms with Crippen LogP contribution in [-0.2, 0) is 5.41 Å². The normalized spacial score (nSPS) is 30.8. The maximum absolute atomic E-state index is 12.1. The molecule has 2 aromatic carbocycles. The van der Waals surface area contributed by atoms with Crippen LogP contribution in [0.5, 0.6) is 11.5 Å². The van der Waals surface area contributed by atoms with E-state index in [-0.39, 0.29) is 23.3 Å². The first kappa shape index (κ1) is 27.1. The van der Waals surface area contributed by atoms with E-state index in [4.69, 9.17) is 4.98 Å². The Morgan fingerprint density at radius 2 is 1.71 bits per heavy atom. The van der Waals surface area contributed by atoms with Crippen LogP contribution in [0.1, 0.15) is 79.3 Å². The number of phenolic OH excluding ortho intramolecular Hbond substituents is 2. The Bertz CT molecular complexity index is 1660. The van der Waals surface area contributed by atoms with E-state index in [9.17, 15) is 10.2 Å². The molecule has 2 heterocycles. The van der Waals surface area contributed by atoms with Gasteiger partial charge in [0.15, 0.2) is 11.6 Å². The monoisotopic (exact) mass is 562 g/mol. The number of aromatic hydroxyl groups is 2. The van der Waals surface area contributed by atoms with Crippen LogP contribution >= 0.6 is 0 Å². The highest BCUT2D eigenvalue weighted by Crippen LogP contribution is 2.71. The Hall–Kier alpha value is -3.80. The van der Waals surface area contributed by atoms with Gasteiger partial charge >= 0.3 is 0 Å². The van der Waals surface area contributed by atoms with Gasteiger partial charge in [-0.25, -0.2) is 9.97 Å². The number of phenols is 2. The SMILES string of the molecule is CC[C@@]1(c2c(O)c(C)c(C)c(C)c2O)c2ccccc2C2C=CC3=C(C2)C1(C)C(C)C1CC1N3c1nccnc1NC. The smallest absolute Gasteiger partial charge is 0.176 e. The van der Waals surface area contributed by atoms with E-state index in [2.05, 4.69) is 72.4 Å². The fraction of sp³-hybridized carbons (Fsp3) is 0.444. The third kappa shape index (κ3) is 3.16. The number of allylic oxidation sites excluding steroid dienone is 3. The number of hydrogen-bond acceptors (Lipinski definition) is 6. The lowest BCUT2D eigenvalue weighted by Crippen LogP contribution is -2.50. The zero-order chi connectivity index (χ0) is 29.7. The highest BCUT2D eigenvalue weighted by atomic mass is 16.3. The Kier molecular flexibility index (Phi) is 5.86. The molecule has 1 fully saturated rings. The average molecular weight is 563 g/mol. The predicted octanol–water partition coefficient (Wildman–Crippen LogP) is 7.41. The van der Waals surface area contributed by atoms with Gasteiger partial charge in [-0.05, 0) is 91.3 Å². The molecule has 1 aromatic heterocycles. The molecule has 0 radical (unpaired) electrons. The maximum Gasteiger partial charge on any atom is 0.176 e. The van der Waals surface area contributed by atoms with Gasteiger partial charge in [0.25, 0.3) is 0 Å². The molecule has 5 unspecified atom stereocenters. The van der Waals surface area contributed by atoms with Crippen LogP contribution in [0.2, 0.25) is 0 Å². The summed E-state index contributed by atoms with van der Waals surface area (Å²) >= 11 is 0. The van der Waals surface area contributed by atoms with Crippen molar-refractivity contribution in [1.29, 1.82) is 0 Å². The van der Waals surface area contributed by atoms with E-state index in [1.165, 1.54) is 22.4 Å². The fourth-order valence-electron chi connectivity index (χ4n) is 9.28. The zero-order valence-corrected chi connectivity index (χ0v) is 25.8. The average Bonchev–Trinajstić information content (AvgIpc) is 3.82. The third-order valence-corrected chi connectivity index (χ3v) is 11.9. The first-order valence-corrected chi connectivity index (χ1v) is 15.4. The van der Waals surface area contributed by atoms with Crippen LogP contribution in [0.3, 0.4) is 0 Å². The molecule has 3 N–H and O–H groups in total. The first-order chi connectivity index (χ1) is 20.1. The molecule has 3 aromatic rings. The van der Waals surface area contributed by atoms with Crippen molar-refractivity contribution in [3.63, 3.8) is 0 Å². The molecule has 218 valence electrons. The molecule has 1 aliphatic heterocycles. The van der Waals surface area contributed by atoms with E-state index < -0.39 is 10.8 Å². The summed E-state index contributed by atoms with van der Waals surface area (Å²) in [5.41, 5.74) is 7.34. The Labute approximate surface area is 249 Å². The molecular formula is C36H42N4O2. The fourth-order valence-corrected chi connectivity index (χ4v) is 9.28. The van der Waals surface area contributed by atoms with Gasteiger partial charge in [0.1, 0.15) is 11.5 Å². The zero-order valence-electron chi connectivity index (χ0n) is 25.8. The van der Waals surface area contributed by atoms with Gasteiger partial charge in [0.2, 0.25) is 0 Å². The predicted molar refractivity (Wildman–Crippen MR) is 168 cm³/mol. The minimum atomic E-state index is -0.668. The Balaban J connectivity index is 1.64. The Morgan fingerprint density at radius 3 is 2.40 bits per heavy atom. The molecule has 6 heteroatoms. The van der Waals surface area contributed by atoms with E-state index in [1.54, 1.807) is 12.4 Å². The number of benzene rings is 2. The van der Waals surface area contributed by atoms with Crippen molar-refractivity contribution < 1.29 is 10.2 Å². The third-order valence-electron chi connectivity index (χ3n) is 11.9. The number of anilines is 2. The molecule has 42 heavy (non-hydrogen) atoms. The Morgan fingerprint density at radius 1 is 1.02 bits per heavy atom. The van der Waals surface area contributed by atoms with Crippen LogP contribution in [0, 0.1) is 38.0 Å². The molecule has 1 saturated carbocycles. The van der Waals surface area contributed by atoms with Gasteiger partial charge in [-0.3, -0.25) is 0 Å². The van der Waals surface area contributed by atoms with E-state index in [1.807, 2.05) is 27.8 Å². The summed E-state index contributed by atoms with van der Waals surface area (Å²) in [6, 6.07) is 9.11. The summed E-state index contributed by atoms with van der Waals surface area (Å²) < 4.78 is 0. The lowest BCUT2D eigenvalue weighted by atomic mass is 9.48. The second-order valence-electron chi connectivity index (χ2n) is 13.1. The van der Waals surface area contributed by atoms with Gasteiger partial charge in [0.05, 0.1) is 0 Å². The number of rotatable bonds is 4. The van der Waals surface area contributed by atoms with Gasteiger partial charge in [0, 0.05) is 53.5 Å². The van der Waals surface area contributed by atoms with Crippen molar-refractivity contribution in [3.8, 4) is 11.5 Å². The molecular weight excluding hydrogens is 520 g/mol. The van der Waals surface area contributed by atoms with E-state index >= 15 is 0 Å². The molecule has 0 saturated heterocycles. The largest absolute Gasteiger partial charge is 0.507 e. The number of aromatic nitrogens is 2. The lowest BCUT2D eigenvalue weighted by molar-refractivity contribution is 0.112. The van der Waals surface area contributed by atoms with Crippen molar-refractivity contribution in [3.05, 3.63) is 93.5 Å². The minimum Gasteiger partial charge on any atom is -0.507 e. The summed E-state index contributed by atoms with van der Waals surface area (Å²) in [7, 11) is 1.91. The topological polar surface area (TPSA) is 81.5 Å². The summed E-state index contributed by atoms with van der Waals surface area (Å²) in [4.78, 5) is 12.0. The molecule has 0 spiro atoms. The molecule has 6 atom stereocenters. The maximum atomic E-state index is 12.1. The minimum absolute atomic E-state index is 0.207. The van der Waals surface area contributed by atoms with Gasteiger partial charge in [-0.15, -0.1) is 0 Å². The quantitative estimate of drug-likeness (QED) is 0.307. The second-order valence-corrected chi connectivity index (χ2v) is 13.1. The molecule has 0 amide bonds. The van der Waals surface area contributed by atoms with Gasteiger partial charge in [-0.2, -0.15) is 0 Å². The number of nitrogens with zero attached hydrogens (tertiary/aromatic N) is 3.